The van der Waals surface area contributed by atoms with Crippen LogP contribution in [0.1, 0.15) is 60.3 Å². The summed E-state index contributed by atoms with van der Waals surface area (Å²) in [4.78, 5) is 29.7. The lowest BCUT2D eigenvalue weighted by Crippen LogP contribution is -2.38. The number of nitrogens with two attached hydrogens (primary N) is 1. The Morgan fingerprint density at radius 2 is 1.82 bits per heavy atom. The molecule has 3 aliphatic rings. The molecule has 0 spiro atoms. The molecule has 0 bridgehead atoms. The number of likely N-dealkylation sites (tertiary alicyclic amines) is 1. The number of alkyl halides is 2. The van der Waals surface area contributed by atoms with Crippen molar-refractivity contribution < 1.29 is 18.0 Å². The normalized spacial score (nSPS) is 28.6. The first-order valence-electron chi connectivity index (χ1n) is 11.7. The van der Waals surface area contributed by atoms with Gasteiger partial charge in [0.15, 0.2) is 0 Å². The predicted octanol–water partition coefficient (Wildman–Crippen LogP) is 3.73. The van der Waals surface area contributed by atoms with Gasteiger partial charge in [0.25, 0.3) is 17.9 Å². The van der Waals surface area contributed by atoms with Crippen molar-refractivity contribution in [1.82, 2.24) is 9.47 Å². The molecule has 2 aliphatic carbocycles. The van der Waals surface area contributed by atoms with Crippen LogP contribution in [-0.4, -0.2) is 41.6 Å². The molecule has 2 heterocycles. The molecule has 2 aromatic rings. The predicted molar refractivity (Wildman–Crippen MR) is 123 cm³/mol. The van der Waals surface area contributed by atoms with E-state index in [9.17, 15) is 18.4 Å². The van der Waals surface area contributed by atoms with Crippen molar-refractivity contribution in [3.63, 3.8) is 0 Å². The summed E-state index contributed by atoms with van der Waals surface area (Å²) in [6, 6.07) is 4.68. The van der Waals surface area contributed by atoms with E-state index in [0.717, 1.165) is 25.6 Å². The fourth-order valence-electron chi connectivity index (χ4n) is 5.85. The van der Waals surface area contributed by atoms with E-state index in [1.165, 1.54) is 24.4 Å². The topological polar surface area (TPSA) is 71.6 Å². The second-order valence-electron chi connectivity index (χ2n) is 10.1. The van der Waals surface area contributed by atoms with Crippen LogP contribution in [0, 0.1) is 23.6 Å². The monoisotopic (exact) mass is 474 g/mol. The molecule has 2 unspecified atom stereocenters. The lowest BCUT2D eigenvalue weighted by molar-refractivity contribution is 0.0999. The first-order chi connectivity index (χ1) is 16.1. The van der Waals surface area contributed by atoms with Gasteiger partial charge in [-0.1, -0.05) is 25.1 Å². The Kier molecular flexibility index (Phi) is 5.50. The lowest BCUT2D eigenvalue weighted by atomic mass is 10.0. The minimum Gasteiger partial charge on any atom is -0.365 e. The van der Waals surface area contributed by atoms with E-state index in [1.807, 2.05) is 18.9 Å². The molecule has 34 heavy (non-hydrogen) atoms. The maximum atomic E-state index is 15.2. The summed E-state index contributed by atoms with van der Waals surface area (Å²) in [7, 11) is 2.02. The fourth-order valence-corrected chi connectivity index (χ4v) is 5.85. The number of hydrogen-bond acceptors (Lipinski definition) is 4. The van der Waals surface area contributed by atoms with Crippen molar-refractivity contribution >= 4 is 11.6 Å². The summed E-state index contributed by atoms with van der Waals surface area (Å²) >= 11 is 0. The highest BCUT2D eigenvalue weighted by atomic mass is 19.3. The molecule has 1 saturated heterocycles. The quantitative estimate of drug-likeness (QED) is 0.664. The third-order valence-corrected chi connectivity index (χ3v) is 7.84. The lowest BCUT2D eigenvalue weighted by Gasteiger charge is -2.36. The molecule has 1 amide bonds. The Balaban J connectivity index is 1.63. The number of nitrogens with zero attached hydrogens (tertiary/aromatic N) is 3. The molecule has 1 aromatic heterocycles. The highest BCUT2D eigenvalue weighted by Crippen LogP contribution is 2.53. The van der Waals surface area contributed by atoms with Crippen LogP contribution in [0.15, 0.2) is 35.3 Å². The number of hydrogen-bond donors (Lipinski definition) is 1. The number of aromatic nitrogens is 1. The van der Waals surface area contributed by atoms with Gasteiger partial charge in [0.1, 0.15) is 5.82 Å². The number of benzene rings is 1. The van der Waals surface area contributed by atoms with Crippen LogP contribution in [0.2, 0.25) is 0 Å². The van der Waals surface area contributed by atoms with Crippen LogP contribution < -0.4 is 16.2 Å². The van der Waals surface area contributed by atoms with Gasteiger partial charge >= 0.3 is 0 Å². The summed E-state index contributed by atoms with van der Waals surface area (Å²) in [6.45, 7) is 5.43. The molecule has 3 fully saturated rings. The number of carbonyl (C=O) groups excluding carboxylic acids is 1. The maximum Gasteiger partial charge on any atom is 0.266 e. The first-order valence-corrected chi connectivity index (χ1v) is 11.7. The molecule has 182 valence electrons. The number of primary amides is 1. The number of carbonyl (C=O) groups is 1. The molecule has 1 aliphatic heterocycles. The van der Waals surface area contributed by atoms with Crippen molar-refractivity contribution in [1.29, 1.82) is 0 Å². The second-order valence-corrected chi connectivity index (χ2v) is 10.1. The van der Waals surface area contributed by atoms with E-state index in [1.54, 1.807) is 11.5 Å². The molecule has 6 nitrogen and oxygen atoms in total. The van der Waals surface area contributed by atoms with Gasteiger partial charge in [0.05, 0.1) is 22.9 Å². The van der Waals surface area contributed by atoms with Crippen LogP contribution in [0.3, 0.4) is 0 Å². The third-order valence-electron chi connectivity index (χ3n) is 7.84. The zero-order valence-corrected chi connectivity index (χ0v) is 19.4. The molecule has 5 atom stereocenters. The Hall–Kier alpha value is -2.81. The summed E-state index contributed by atoms with van der Waals surface area (Å²) in [5, 5.41) is 0. The van der Waals surface area contributed by atoms with Crippen LogP contribution in [0.5, 0.6) is 0 Å². The first kappa shape index (κ1) is 23.0. The summed E-state index contributed by atoms with van der Waals surface area (Å²) in [6.07, 6.45) is -0.577. The van der Waals surface area contributed by atoms with Crippen molar-refractivity contribution in [2.24, 2.45) is 23.5 Å². The molecule has 2 saturated carbocycles. The SMILES string of the molecule is C[C@@H]1C[C@@H]1n1cc(C(N)=O)c(N(C2C3CN(C)CC32)[C@H](C)c2cccc(C(F)F)c2F)cc1=O. The van der Waals surface area contributed by atoms with Gasteiger partial charge in [-0.3, -0.25) is 9.59 Å². The third kappa shape index (κ3) is 3.70. The van der Waals surface area contributed by atoms with Crippen molar-refractivity contribution in [3.8, 4) is 0 Å². The van der Waals surface area contributed by atoms with Crippen LogP contribution in [-0.2, 0) is 0 Å². The number of anilines is 1. The van der Waals surface area contributed by atoms with Gasteiger partial charge in [-0.2, -0.15) is 0 Å². The van der Waals surface area contributed by atoms with Crippen molar-refractivity contribution in [2.45, 2.75) is 44.8 Å². The number of rotatable bonds is 7. The molecule has 9 heteroatoms. The fraction of sp³-hybridized carbons (Fsp3) is 0.520. The molecule has 5 rings (SSSR count). The zero-order valence-electron chi connectivity index (χ0n) is 19.4. The van der Waals surface area contributed by atoms with Crippen LogP contribution >= 0.6 is 0 Å². The number of halogens is 3. The minimum atomic E-state index is -2.94. The standard InChI is InChI=1S/C25H29F3N4O2/c1-12-7-19(12)31-11-18(25(29)34)20(8-21(31)33)32(23-16-9-30(3)10-17(16)23)13(2)14-5-4-6-15(22(14)26)24(27)28/h4-6,8,11-13,16-17,19,23-24H,7,9-10H2,1-3H3,(H2,29,34)/t12-,13-,16?,17?,19+,23?/m1/s1. The number of pyridine rings is 1. The summed E-state index contributed by atoms with van der Waals surface area (Å²) in [5.74, 6) is -0.748. The van der Waals surface area contributed by atoms with Gasteiger partial charge in [0.2, 0.25) is 0 Å². The van der Waals surface area contributed by atoms with Gasteiger partial charge in [-0.05, 0) is 38.1 Å². The maximum absolute atomic E-state index is 15.2. The Morgan fingerprint density at radius 1 is 1.21 bits per heavy atom. The van der Waals surface area contributed by atoms with E-state index in [4.69, 9.17) is 5.73 Å². The number of fused-ring (bicyclic) bond motifs is 1. The number of piperidine rings is 1. The van der Waals surface area contributed by atoms with E-state index >= 15 is 4.39 Å². The van der Waals surface area contributed by atoms with Gasteiger partial charge < -0.3 is 20.1 Å². The summed E-state index contributed by atoms with van der Waals surface area (Å²) in [5.41, 5.74) is 5.48. The van der Waals surface area contributed by atoms with Gasteiger partial charge in [-0.25, -0.2) is 13.2 Å². The molecular weight excluding hydrogens is 445 g/mol. The zero-order chi connectivity index (χ0) is 24.5. The molecule has 0 radical (unpaired) electrons. The Bertz CT molecular complexity index is 1190. The van der Waals surface area contributed by atoms with Crippen molar-refractivity contribution in [2.75, 3.05) is 25.0 Å². The molecule has 2 N–H and O–H groups in total. The van der Waals surface area contributed by atoms with Crippen LogP contribution in [0.4, 0.5) is 18.9 Å². The smallest absolute Gasteiger partial charge is 0.266 e. The van der Waals surface area contributed by atoms with E-state index < -0.39 is 29.8 Å². The van der Waals surface area contributed by atoms with Crippen molar-refractivity contribution in [3.05, 3.63) is 63.3 Å². The average Bonchev–Trinajstić information content (AvgIpc) is 3.61. The molecular formula is C25H29F3N4O2. The van der Waals surface area contributed by atoms with E-state index in [0.29, 0.717) is 11.6 Å². The largest absolute Gasteiger partial charge is 0.365 e. The Labute approximate surface area is 196 Å². The van der Waals surface area contributed by atoms with E-state index in [2.05, 4.69) is 4.90 Å². The van der Waals surface area contributed by atoms with E-state index in [-0.39, 0.29) is 40.6 Å². The average molecular weight is 475 g/mol. The van der Waals surface area contributed by atoms with Gasteiger partial charge in [-0.15, -0.1) is 0 Å². The van der Waals surface area contributed by atoms with Crippen LogP contribution in [0.25, 0.3) is 0 Å². The minimum absolute atomic E-state index is 0.0275. The summed E-state index contributed by atoms with van der Waals surface area (Å²) < 4.78 is 43.6. The highest BCUT2D eigenvalue weighted by Gasteiger charge is 2.59. The Morgan fingerprint density at radius 3 is 2.38 bits per heavy atom. The highest BCUT2D eigenvalue weighted by molar-refractivity contribution is 5.98. The van der Waals surface area contributed by atoms with Gasteiger partial charge in [0, 0.05) is 43.0 Å². The molecule has 1 aromatic carbocycles. The second kappa shape index (κ2) is 8.15. The number of amides is 1.